The fourth-order valence-electron chi connectivity index (χ4n) is 2.27. The number of nitrogens with zero attached hydrogens (tertiary/aromatic N) is 2. The van der Waals surface area contributed by atoms with Gasteiger partial charge in [-0.1, -0.05) is 19.1 Å². The molecule has 0 saturated heterocycles. The minimum Gasteiger partial charge on any atom is -0.325 e. The molecular weight excluding hydrogens is 302 g/mol. The molecule has 122 valence electrons. The van der Waals surface area contributed by atoms with Gasteiger partial charge in [0.15, 0.2) is 0 Å². The third-order valence-corrected chi connectivity index (χ3v) is 3.64. The Balaban J connectivity index is 2.07. The molecule has 1 N–H and O–H groups in total. The van der Waals surface area contributed by atoms with E-state index in [1.165, 1.54) is 17.4 Å². The number of hydrogen-bond donors (Lipinski definition) is 1. The van der Waals surface area contributed by atoms with Crippen molar-refractivity contribution in [2.75, 3.05) is 16.8 Å². The molecule has 0 aliphatic rings. The molecule has 2 amide bonds. The lowest BCUT2D eigenvalue weighted by Gasteiger charge is -2.21. The third kappa shape index (κ3) is 4.43. The second-order valence-electron chi connectivity index (χ2n) is 5.36. The number of carbonyl (C=O) groups excluding carboxylic acids is 2. The second-order valence-corrected chi connectivity index (χ2v) is 5.36. The van der Waals surface area contributed by atoms with Gasteiger partial charge in [0.2, 0.25) is 11.8 Å². The Labute approximate surface area is 141 Å². The van der Waals surface area contributed by atoms with Gasteiger partial charge in [0.05, 0.1) is 11.6 Å². The standard InChI is InChI=1S/C19H19N3O2/c1-3-15-6-10-18(11-7-15)22(14(2)23)13-19(24)21-17-8-4-16(12-20)5-9-17/h4-11H,3,13H2,1-2H3,(H,21,24). The van der Waals surface area contributed by atoms with Crippen LogP contribution in [0.4, 0.5) is 11.4 Å². The van der Waals surface area contributed by atoms with Crippen LogP contribution >= 0.6 is 0 Å². The quantitative estimate of drug-likeness (QED) is 0.919. The Kier molecular flexibility index (Phi) is 5.69. The molecule has 2 aromatic rings. The summed E-state index contributed by atoms with van der Waals surface area (Å²) >= 11 is 0. The Bertz CT molecular complexity index is 759. The monoisotopic (exact) mass is 321 g/mol. The van der Waals surface area contributed by atoms with Crippen molar-refractivity contribution in [1.82, 2.24) is 0 Å². The molecule has 0 spiro atoms. The van der Waals surface area contributed by atoms with Crippen LogP contribution in [0.3, 0.4) is 0 Å². The summed E-state index contributed by atoms with van der Waals surface area (Å²) in [6.45, 7) is 3.42. The van der Waals surface area contributed by atoms with E-state index < -0.39 is 0 Å². The van der Waals surface area contributed by atoms with Gasteiger partial charge in [-0.3, -0.25) is 9.59 Å². The Morgan fingerprint density at radius 1 is 1.08 bits per heavy atom. The minimum absolute atomic E-state index is 0.0686. The molecule has 5 nitrogen and oxygen atoms in total. The van der Waals surface area contributed by atoms with E-state index in [0.29, 0.717) is 16.9 Å². The lowest BCUT2D eigenvalue weighted by molar-refractivity contribution is -0.120. The molecule has 0 aliphatic carbocycles. The molecule has 0 fully saturated rings. The number of benzene rings is 2. The lowest BCUT2D eigenvalue weighted by atomic mass is 10.1. The van der Waals surface area contributed by atoms with E-state index in [9.17, 15) is 9.59 Å². The maximum atomic E-state index is 12.2. The highest BCUT2D eigenvalue weighted by atomic mass is 16.2. The van der Waals surface area contributed by atoms with Crippen LogP contribution in [0.5, 0.6) is 0 Å². The van der Waals surface area contributed by atoms with E-state index in [1.54, 1.807) is 24.3 Å². The van der Waals surface area contributed by atoms with Crippen LogP contribution in [0.25, 0.3) is 0 Å². The number of aryl methyl sites for hydroxylation is 1. The highest BCUT2D eigenvalue weighted by Gasteiger charge is 2.15. The van der Waals surface area contributed by atoms with E-state index >= 15 is 0 Å². The fourth-order valence-corrected chi connectivity index (χ4v) is 2.27. The molecule has 0 radical (unpaired) electrons. The summed E-state index contributed by atoms with van der Waals surface area (Å²) < 4.78 is 0. The average molecular weight is 321 g/mol. The van der Waals surface area contributed by atoms with Crippen molar-refractivity contribution in [3.63, 3.8) is 0 Å². The molecule has 0 saturated carbocycles. The van der Waals surface area contributed by atoms with Crippen molar-refractivity contribution in [2.45, 2.75) is 20.3 Å². The van der Waals surface area contributed by atoms with E-state index in [2.05, 4.69) is 12.2 Å². The Morgan fingerprint density at radius 2 is 1.71 bits per heavy atom. The highest BCUT2D eigenvalue weighted by Crippen LogP contribution is 2.16. The summed E-state index contributed by atoms with van der Waals surface area (Å²) in [6, 6.07) is 16.2. The average Bonchev–Trinajstić information content (AvgIpc) is 2.60. The molecule has 0 aromatic heterocycles. The molecule has 24 heavy (non-hydrogen) atoms. The lowest BCUT2D eigenvalue weighted by Crippen LogP contribution is -2.36. The molecule has 5 heteroatoms. The first-order valence-electron chi connectivity index (χ1n) is 7.70. The smallest absolute Gasteiger partial charge is 0.244 e. The zero-order chi connectivity index (χ0) is 17.5. The molecule has 2 aromatic carbocycles. The summed E-state index contributed by atoms with van der Waals surface area (Å²) in [4.78, 5) is 25.5. The van der Waals surface area contributed by atoms with E-state index in [-0.39, 0.29) is 18.4 Å². The van der Waals surface area contributed by atoms with Crippen molar-refractivity contribution in [2.24, 2.45) is 0 Å². The highest BCUT2D eigenvalue weighted by molar-refractivity contribution is 6.01. The van der Waals surface area contributed by atoms with Crippen LogP contribution in [-0.4, -0.2) is 18.4 Å². The summed E-state index contributed by atoms with van der Waals surface area (Å²) in [5.74, 6) is -0.497. The third-order valence-electron chi connectivity index (χ3n) is 3.64. The number of carbonyl (C=O) groups is 2. The molecule has 0 bridgehead atoms. The molecule has 0 unspecified atom stereocenters. The number of amides is 2. The zero-order valence-corrected chi connectivity index (χ0v) is 13.7. The van der Waals surface area contributed by atoms with Crippen molar-refractivity contribution in [1.29, 1.82) is 5.26 Å². The Hall–Kier alpha value is -3.13. The van der Waals surface area contributed by atoms with Gasteiger partial charge in [0.25, 0.3) is 0 Å². The zero-order valence-electron chi connectivity index (χ0n) is 13.7. The van der Waals surface area contributed by atoms with Crippen molar-refractivity contribution in [3.05, 3.63) is 59.7 Å². The largest absolute Gasteiger partial charge is 0.325 e. The van der Waals surface area contributed by atoms with Crippen molar-refractivity contribution >= 4 is 23.2 Å². The minimum atomic E-state index is -0.297. The maximum Gasteiger partial charge on any atom is 0.244 e. The number of anilines is 2. The summed E-state index contributed by atoms with van der Waals surface area (Å²) in [7, 11) is 0. The van der Waals surface area contributed by atoms with Gasteiger partial charge in [-0.2, -0.15) is 5.26 Å². The predicted molar refractivity (Wildman–Crippen MR) is 93.6 cm³/mol. The van der Waals surface area contributed by atoms with E-state index in [4.69, 9.17) is 5.26 Å². The molecule has 0 atom stereocenters. The van der Waals surface area contributed by atoms with Gasteiger partial charge in [0.1, 0.15) is 6.54 Å². The first-order valence-corrected chi connectivity index (χ1v) is 7.70. The van der Waals surface area contributed by atoms with Gasteiger partial charge in [-0.15, -0.1) is 0 Å². The normalized spacial score (nSPS) is 9.88. The van der Waals surface area contributed by atoms with Crippen molar-refractivity contribution < 1.29 is 9.59 Å². The van der Waals surface area contributed by atoms with Gasteiger partial charge in [0, 0.05) is 18.3 Å². The van der Waals surface area contributed by atoms with Crippen LogP contribution in [0, 0.1) is 11.3 Å². The van der Waals surface area contributed by atoms with E-state index in [0.717, 1.165) is 6.42 Å². The number of nitrogens with one attached hydrogen (secondary N) is 1. The molecule has 0 heterocycles. The van der Waals surface area contributed by atoms with Gasteiger partial charge < -0.3 is 10.2 Å². The van der Waals surface area contributed by atoms with Gasteiger partial charge in [-0.25, -0.2) is 0 Å². The van der Waals surface area contributed by atoms with Gasteiger partial charge >= 0.3 is 0 Å². The summed E-state index contributed by atoms with van der Waals surface area (Å²) in [5.41, 5.74) is 2.97. The fraction of sp³-hybridized carbons (Fsp3) is 0.211. The topological polar surface area (TPSA) is 73.2 Å². The van der Waals surface area contributed by atoms with Crippen LogP contribution in [-0.2, 0) is 16.0 Å². The molecule has 0 aliphatic heterocycles. The second kappa shape index (κ2) is 7.93. The molecule has 2 rings (SSSR count). The van der Waals surface area contributed by atoms with Gasteiger partial charge in [-0.05, 0) is 48.4 Å². The maximum absolute atomic E-state index is 12.2. The Morgan fingerprint density at radius 3 is 2.21 bits per heavy atom. The van der Waals surface area contributed by atoms with Crippen LogP contribution in [0.15, 0.2) is 48.5 Å². The van der Waals surface area contributed by atoms with Crippen LogP contribution in [0.1, 0.15) is 25.0 Å². The number of nitriles is 1. The first kappa shape index (κ1) is 17.2. The summed E-state index contributed by atoms with van der Waals surface area (Å²) in [6.07, 6.45) is 0.916. The SMILES string of the molecule is CCc1ccc(N(CC(=O)Nc2ccc(C#N)cc2)C(C)=O)cc1. The first-order chi connectivity index (χ1) is 11.5. The number of rotatable bonds is 5. The predicted octanol–water partition coefficient (Wildman–Crippen LogP) is 3.11. The van der Waals surface area contributed by atoms with Crippen molar-refractivity contribution in [3.8, 4) is 6.07 Å². The van der Waals surface area contributed by atoms with E-state index in [1.807, 2.05) is 30.3 Å². The van der Waals surface area contributed by atoms with Crippen LogP contribution < -0.4 is 10.2 Å². The number of hydrogen-bond acceptors (Lipinski definition) is 3. The van der Waals surface area contributed by atoms with Crippen LogP contribution in [0.2, 0.25) is 0 Å². The molecular formula is C19H19N3O2. The summed E-state index contributed by atoms with van der Waals surface area (Å²) in [5, 5.41) is 11.5.